The smallest absolute Gasteiger partial charge is 0.254 e. The highest BCUT2D eigenvalue weighted by molar-refractivity contribution is 5.73. The zero-order valence-corrected chi connectivity index (χ0v) is 11.8. The molecular formula is C15H12N6O. The molecule has 1 aromatic carbocycles. The second-order valence-corrected chi connectivity index (χ2v) is 4.71. The summed E-state index contributed by atoms with van der Waals surface area (Å²) in [5, 5.41) is 12.1. The van der Waals surface area contributed by atoms with Crippen LogP contribution in [0.4, 0.5) is 0 Å². The Morgan fingerprint density at radius 2 is 2.18 bits per heavy atom. The van der Waals surface area contributed by atoms with Crippen LogP contribution in [0.1, 0.15) is 0 Å². The van der Waals surface area contributed by atoms with Crippen molar-refractivity contribution >= 4 is 5.78 Å². The van der Waals surface area contributed by atoms with Gasteiger partial charge in [-0.15, -0.1) is 10.2 Å². The van der Waals surface area contributed by atoms with Crippen molar-refractivity contribution in [1.82, 2.24) is 29.4 Å². The summed E-state index contributed by atoms with van der Waals surface area (Å²) in [4.78, 5) is 4.31. The second kappa shape index (κ2) is 4.96. The third-order valence-electron chi connectivity index (χ3n) is 3.42. The zero-order valence-electron chi connectivity index (χ0n) is 11.8. The van der Waals surface area contributed by atoms with E-state index in [1.54, 1.807) is 34.9 Å². The van der Waals surface area contributed by atoms with Gasteiger partial charge in [-0.3, -0.25) is 4.40 Å². The van der Waals surface area contributed by atoms with Crippen molar-refractivity contribution < 1.29 is 4.74 Å². The van der Waals surface area contributed by atoms with Gasteiger partial charge in [0, 0.05) is 42.0 Å². The molecule has 22 heavy (non-hydrogen) atoms. The first-order valence-corrected chi connectivity index (χ1v) is 6.69. The number of rotatable bonds is 3. The number of nitrogens with zero attached hydrogens (tertiary/aromatic N) is 6. The molecule has 0 N–H and O–H groups in total. The highest BCUT2D eigenvalue weighted by Gasteiger charge is 2.11. The molecule has 0 aliphatic rings. The Hall–Kier alpha value is -3.22. The van der Waals surface area contributed by atoms with E-state index in [-0.39, 0.29) is 0 Å². The van der Waals surface area contributed by atoms with E-state index in [0.717, 1.165) is 22.6 Å². The highest BCUT2D eigenvalue weighted by Crippen LogP contribution is 2.29. The number of ether oxygens (including phenoxy) is 1. The minimum atomic E-state index is 0.568. The molecule has 4 aromatic rings. The number of methoxy groups -OCH3 is 1. The Bertz CT molecular complexity index is 928. The number of hydrogen-bond donors (Lipinski definition) is 0. The van der Waals surface area contributed by atoms with Crippen molar-refractivity contribution in [1.29, 1.82) is 0 Å². The summed E-state index contributed by atoms with van der Waals surface area (Å²) in [6.45, 7) is 0. The Labute approximate surface area is 125 Å². The summed E-state index contributed by atoms with van der Waals surface area (Å²) in [5.74, 6) is 1.34. The summed E-state index contributed by atoms with van der Waals surface area (Å²) in [6.07, 6.45) is 8.98. The van der Waals surface area contributed by atoms with E-state index in [0.29, 0.717) is 5.78 Å². The average molecular weight is 292 g/mol. The van der Waals surface area contributed by atoms with Gasteiger partial charge in [0.25, 0.3) is 5.78 Å². The van der Waals surface area contributed by atoms with E-state index in [2.05, 4.69) is 20.3 Å². The SMILES string of the molecule is COc1ccc(-c2cnc3nncn3c2)c(-n2cccn2)c1. The summed E-state index contributed by atoms with van der Waals surface area (Å²) in [7, 11) is 1.65. The standard InChI is InChI=1S/C15H12N6O/c1-22-12-3-4-13(14(7-12)21-6-2-5-18-21)11-8-16-15-19-17-10-20(15)9-11/h2-10H,1H3. The number of hydrogen-bond acceptors (Lipinski definition) is 5. The molecule has 7 heteroatoms. The van der Waals surface area contributed by atoms with E-state index >= 15 is 0 Å². The molecule has 7 nitrogen and oxygen atoms in total. The van der Waals surface area contributed by atoms with E-state index in [1.165, 1.54) is 0 Å². The first kappa shape index (κ1) is 12.5. The van der Waals surface area contributed by atoms with E-state index in [1.807, 2.05) is 36.7 Å². The first-order chi connectivity index (χ1) is 10.8. The van der Waals surface area contributed by atoms with Crippen LogP contribution >= 0.6 is 0 Å². The van der Waals surface area contributed by atoms with Crippen LogP contribution in [0.5, 0.6) is 5.75 Å². The van der Waals surface area contributed by atoms with Gasteiger partial charge in [-0.25, -0.2) is 9.67 Å². The van der Waals surface area contributed by atoms with Crippen LogP contribution < -0.4 is 4.74 Å². The van der Waals surface area contributed by atoms with Gasteiger partial charge in [0.15, 0.2) is 0 Å². The molecule has 4 rings (SSSR count). The fourth-order valence-electron chi connectivity index (χ4n) is 2.35. The van der Waals surface area contributed by atoms with E-state index in [4.69, 9.17) is 4.74 Å². The highest BCUT2D eigenvalue weighted by atomic mass is 16.5. The molecule has 3 aromatic heterocycles. The number of aromatic nitrogens is 6. The third kappa shape index (κ3) is 1.99. The predicted molar refractivity (Wildman–Crippen MR) is 79.9 cm³/mol. The average Bonchev–Trinajstić information content (AvgIpc) is 3.24. The molecule has 0 radical (unpaired) electrons. The summed E-state index contributed by atoms with van der Waals surface area (Å²) in [6, 6.07) is 7.73. The van der Waals surface area contributed by atoms with Gasteiger partial charge in [-0.2, -0.15) is 5.10 Å². The topological polar surface area (TPSA) is 70.1 Å². The van der Waals surface area contributed by atoms with Crippen molar-refractivity contribution in [3.05, 3.63) is 55.4 Å². The van der Waals surface area contributed by atoms with Crippen LogP contribution in [0.3, 0.4) is 0 Å². The fraction of sp³-hybridized carbons (Fsp3) is 0.0667. The van der Waals surface area contributed by atoms with Crippen LogP contribution in [0, 0.1) is 0 Å². The Morgan fingerprint density at radius 3 is 3.00 bits per heavy atom. The normalized spacial score (nSPS) is 11.0. The molecule has 108 valence electrons. The second-order valence-electron chi connectivity index (χ2n) is 4.71. The monoisotopic (exact) mass is 292 g/mol. The molecule has 0 spiro atoms. The van der Waals surface area contributed by atoms with Crippen LogP contribution in [-0.2, 0) is 0 Å². The van der Waals surface area contributed by atoms with Gasteiger partial charge in [0.05, 0.1) is 12.8 Å². The lowest BCUT2D eigenvalue weighted by Crippen LogP contribution is -1.99. The lowest BCUT2D eigenvalue weighted by Gasteiger charge is -2.11. The molecule has 0 saturated heterocycles. The molecule has 0 amide bonds. The van der Waals surface area contributed by atoms with Gasteiger partial charge in [-0.1, -0.05) is 0 Å². The van der Waals surface area contributed by atoms with Gasteiger partial charge >= 0.3 is 0 Å². The minimum Gasteiger partial charge on any atom is -0.497 e. The Balaban J connectivity index is 1.93. The van der Waals surface area contributed by atoms with Gasteiger partial charge in [0.2, 0.25) is 0 Å². The molecule has 0 aliphatic heterocycles. The molecule has 3 heterocycles. The summed E-state index contributed by atoms with van der Waals surface area (Å²) >= 11 is 0. The maximum atomic E-state index is 5.32. The van der Waals surface area contributed by atoms with Gasteiger partial charge < -0.3 is 4.74 Å². The van der Waals surface area contributed by atoms with Crippen molar-refractivity contribution in [2.75, 3.05) is 7.11 Å². The zero-order chi connectivity index (χ0) is 14.9. The fourth-order valence-corrected chi connectivity index (χ4v) is 2.35. The largest absolute Gasteiger partial charge is 0.497 e. The van der Waals surface area contributed by atoms with E-state index in [9.17, 15) is 0 Å². The maximum absolute atomic E-state index is 5.32. The molecule has 0 aliphatic carbocycles. The lowest BCUT2D eigenvalue weighted by molar-refractivity contribution is 0.414. The molecule has 0 bridgehead atoms. The molecule has 0 atom stereocenters. The Morgan fingerprint density at radius 1 is 1.23 bits per heavy atom. The van der Waals surface area contributed by atoms with Gasteiger partial charge in [0.1, 0.15) is 12.1 Å². The van der Waals surface area contributed by atoms with Crippen molar-refractivity contribution in [2.24, 2.45) is 0 Å². The summed E-state index contributed by atoms with van der Waals surface area (Å²) in [5.41, 5.74) is 2.85. The Kier molecular flexibility index (Phi) is 2.82. The van der Waals surface area contributed by atoms with Crippen LogP contribution in [0.2, 0.25) is 0 Å². The van der Waals surface area contributed by atoms with Crippen LogP contribution in [-0.4, -0.2) is 36.5 Å². The predicted octanol–water partition coefficient (Wildman–Crippen LogP) is 1.99. The molecule has 0 fully saturated rings. The summed E-state index contributed by atoms with van der Waals surface area (Å²) < 4.78 is 8.90. The number of fused-ring (bicyclic) bond motifs is 1. The van der Waals surface area contributed by atoms with Crippen LogP contribution in [0.25, 0.3) is 22.6 Å². The maximum Gasteiger partial charge on any atom is 0.254 e. The lowest BCUT2D eigenvalue weighted by atomic mass is 10.1. The van der Waals surface area contributed by atoms with Gasteiger partial charge in [-0.05, 0) is 18.2 Å². The van der Waals surface area contributed by atoms with E-state index < -0.39 is 0 Å². The van der Waals surface area contributed by atoms with Crippen molar-refractivity contribution in [2.45, 2.75) is 0 Å². The molecule has 0 unspecified atom stereocenters. The number of benzene rings is 1. The van der Waals surface area contributed by atoms with Crippen molar-refractivity contribution in [3.63, 3.8) is 0 Å². The quantitative estimate of drug-likeness (QED) is 0.577. The minimum absolute atomic E-state index is 0.568. The van der Waals surface area contributed by atoms with Crippen LogP contribution in [0.15, 0.2) is 55.4 Å². The van der Waals surface area contributed by atoms with Crippen molar-refractivity contribution in [3.8, 4) is 22.6 Å². The molecule has 0 saturated carbocycles. The first-order valence-electron chi connectivity index (χ1n) is 6.69. The third-order valence-corrected chi connectivity index (χ3v) is 3.42. The molecular weight excluding hydrogens is 280 g/mol.